The molecule has 0 N–H and O–H groups in total. The Morgan fingerprint density at radius 3 is 2.79 bits per heavy atom. The molecule has 0 atom stereocenters. The molecule has 0 fully saturated rings. The Kier molecular flexibility index (Phi) is 5.01. The lowest BCUT2D eigenvalue weighted by Crippen LogP contribution is -2.02. The maximum atomic E-state index is 5.86. The first-order valence-electron chi connectivity index (χ1n) is 7.72. The molecule has 24 heavy (non-hydrogen) atoms. The second-order valence-corrected chi connectivity index (χ2v) is 5.49. The Balaban J connectivity index is 0.00000169. The third-order valence-corrected chi connectivity index (χ3v) is 3.96. The second-order valence-electron chi connectivity index (χ2n) is 5.49. The number of aryl methyl sites for hydroxylation is 1. The Hall–Kier alpha value is -2.53. The van der Waals surface area contributed by atoms with E-state index in [-0.39, 0.29) is 12.4 Å². The number of nitrogens with zero attached hydrogens (tertiary/aromatic N) is 4. The number of aromatic nitrogens is 4. The highest BCUT2D eigenvalue weighted by atomic mass is 35.5. The van der Waals surface area contributed by atoms with Crippen LogP contribution < -0.4 is 4.74 Å². The smallest absolute Gasteiger partial charge is 0.214 e. The van der Waals surface area contributed by atoms with Crippen LogP contribution in [0.4, 0.5) is 0 Å². The number of hydrogen-bond acceptors (Lipinski definition) is 5. The summed E-state index contributed by atoms with van der Waals surface area (Å²) in [5, 5.41) is 0. The molecule has 0 aliphatic heterocycles. The number of halogens is 1. The van der Waals surface area contributed by atoms with Crippen molar-refractivity contribution in [1.82, 2.24) is 19.9 Å². The molecule has 122 valence electrons. The largest absolute Gasteiger partial charge is 0.471 e. The van der Waals surface area contributed by atoms with Crippen LogP contribution >= 0.6 is 12.4 Å². The van der Waals surface area contributed by atoms with Crippen molar-refractivity contribution < 1.29 is 4.74 Å². The van der Waals surface area contributed by atoms with Gasteiger partial charge in [-0.1, -0.05) is 6.07 Å². The van der Waals surface area contributed by atoms with Gasteiger partial charge in [0.1, 0.15) is 6.61 Å². The van der Waals surface area contributed by atoms with Crippen LogP contribution in [-0.2, 0) is 19.4 Å². The van der Waals surface area contributed by atoms with Crippen LogP contribution in [0.15, 0.2) is 49.1 Å². The van der Waals surface area contributed by atoms with Crippen LogP contribution in [-0.4, -0.2) is 19.9 Å². The predicted octanol–water partition coefficient (Wildman–Crippen LogP) is 3.42. The zero-order valence-corrected chi connectivity index (χ0v) is 13.9. The Morgan fingerprint density at radius 2 is 2.00 bits per heavy atom. The molecule has 0 unspecified atom stereocenters. The average molecular weight is 341 g/mol. The lowest BCUT2D eigenvalue weighted by atomic mass is 10.1. The van der Waals surface area contributed by atoms with Crippen molar-refractivity contribution in [3.63, 3.8) is 0 Å². The van der Waals surface area contributed by atoms with Gasteiger partial charge in [-0.2, -0.15) is 0 Å². The van der Waals surface area contributed by atoms with E-state index >= 15 is 0 Å². The van der Waals surface area contributed by atoms with E-state index in [1.165, 1.54) is 5.56 Å². The van der Waals surface area contributed by atoms with Crippen molar-refractivity contribution in [3.8, 4) is 17.1 Å². The maximum Gasteiger partial charge on any atom is 0.214 e. The molecular weight excluding hydrogens is 324 g/mol. The van der Waals surface area contributed by atoms with Gasteiger partial charge in [0, 0.05) is 35.9 Å². The molecule has 0 saturated heterocycles. The normalized spacial score (nSPS) is 12.3. The van der Waals surface area contributed by atoms with Crippen LogP contribution in [0, 0.1) is 0 Å². The molecule has 4 rings (SSSR count). The molecule has 0 bridgehead atoms. The van der Waals surface area contributed by atoms with E-state index in [4.69, 9.17) is 4.74 Å². The molecule has 0 spiro atoms. The highest BCUT2D eigenvalue weighted by Crippen LogP contribution is 2.33. The summed E-state index contributed by atoms with van der Waals surface area (Å²) >= 11 is 0. The quantitative estimate of drug-likeness (QED) is 0.728. The van der Waals surface area contributed by atoms with Gasteiger partial charge in [-0.25, -0.2) is 4.98 Å². The number of hydrogen-bond donors (Lipinski definition) is 0. The van der Waals surface area contributed by atoms with Gasteiger partial charge in [-0.05, 0) is 37.0 Å². The first-order valence-corrected chi connectivity index (χ1v) is 7.72. The fourth-order valence-electron chi connectivity index (χ4n) is 2.89. The Labute approximate surface area is 146 Å². The number of pyridine rings is 2. The minimum Gasteiger partial charge on any atom is -0.471 e. The van der Waals surface area contributed by atoms with E-state index in [1.54, 1.807) is 24.8 Å². The SMILES string of the molecule is Cl.c1ccc(COc2cc(-c3cnccn3)c3c(n2)CCC3)nc1. The summed E-state index contributed by atoms with van der Waals surface area (Å²) in [7, 11) is 0. The first kappa shape index (κ1) is 16.3. The van der Waals surface area contributed by atoms with E-state index in [9.17, 15) is 0 Å². The van der Waals surface area contributed by atoms with Crippen LogP contribution in [0.2, 0.25) is 0 Å². The van der Waals surface area contributed by atoms with Crippen molar-refractivity contribution in [2.45, 2.75) is 25.9 Å². The van der Waals surface area contributed by atoms with Crippen molar-refractivity contribution >= 4 is 12.4 Å². The van der Waals surface area contributed by atoms with Crippen molar-refractivity contribution in [2.24, 2.45) is 0 Å². The van der Waals surface area contributed by atoms with E-state index in [0.717, 1.165) is 41.9 Å². The summed E-state index contributed by atoms with van der Waals surface area (Å²) in [6.07, 6.45) is 10.1. The Morgan fingerprint density at radius 1 is 1.04 bits per heavy atom. The summed E-state index contributed by atoms with van der Waals surface area (Å²) in [5.74, 6) is 0.622. The maximum absolute atomic E-state index is 5.86. The third kappa shape index (κ3) is 3.36. The summed E-state index contributed by atoms with van der Waals surface area (Å²) in [4.78, 5) is 17.5. The van der Waals surface area contributed by atoms with Crippen LogP contribution in [0.5, 0.6) is 5.88 Å². The lowest BCUT2D eigenvalue weighted by Gasteiger charge is -2.11. The standard InChI is InChI=1S/C18H16N4O.ClH/c1-2-7-20-13(4-1)12-23-18-10-15(17-11-19-8-9-21-17)14-5-3-6-16(14)22-18;/h1-2,4,7-11H,3,5-6,12H2;1H. The summed E-state index contributed by atoms with van der Waals surface area (Å²) in [5.41, 5.74) is 5.23. The molecule has 1 aliphatic carbocycles. The molecule has 1 aliphatic rings. The topological polar surface area (TPSA) is 60.8 Å². The molecular formula is C18H17ClN4O. The number of fused-ring (bicyclic) bond motifs is 1. The molecule has 0 amide bonds. The van der Waals surface area contributed by atoms with Gasteiger partial charge >= 0.3 is 0 Å². The van der Waals surface area contributed by atoms with Crippen molar-refractivity contribution in [3.05, 3.63) is 66.0 Å². The minimum absolute atomic E-state index is 0. The highest BCUT2D eigenvalue weighted by Gasteiger charge is 2.20. The average Bonchev–Trinajstić information content (AvgIpc) is 3.09. The molecule has 3 heterocycles. The predicted molar refractivity (Wildman–Crippen MR) is 93.1 cm³/mol. The van der Waals surface area contributed by atoms with Crippen LogP contribution in [0.1, 0.15) is 23.4 Å². The van der Waals surface area contributed by atoms with E-state index in [1.807, 2.05) is 24.3 Å². The lowest BCUT2D eigenvalue weighted by molar-refractivity contribution is 0.288. The minimum atomic E-state index is 0. The van der Waals surface area contributed by atoms with Gasteiger partial charge in [0.2, 0.25) is 5.88 Å². The van der Waals surface area contributed by atoms with Crippen molar-refractivity contribution in [2.75, 3.05) is 0 Å². The fraction of sp³-hybridized carbons (Fsp3) is 0.222. The number of rotatable bonds is 4. The van der Waals surface area contributed by atoms with E-state index in [2.05, 4.69) is 19.9 Å². The van der Waals surface area contributed by atoms with Gasteiger partial charge < -0.3 is 4.74 Å². The molecule has 3 aromatic heterocycles. The summed E-state index contributed by atoms with van der Waals surface area (Å²) in [6.45, 7) is 0.409. The van der Waals surface area contributed by atoms with Crippen molar-refractivity contribution in [1.29, 1.82) is 0 Å². The molecule has 0 radical (unpaired) electrons. The van der Waals surface area contributed by atoms with Gasteiger partial charge in [0.05, 0.1) is 17.6 Å². The van der Waals surface area contributed by atoms with Gasteiger partial charge in [-0.3, -0.25) is 15.0 Å². The molecule has 0 saturated carbocycles. The Bertz CT molecular complexity index is 812. The molecule has 5 nitrogen and oxygen atoms in total. The third-order valence-electron chi connectivity index (χ3n) is 3.96. The highest BCUT2D eigenvalue weighted by molar-refractivity contribution is 5.85. The zero-order valence-electron chi connectivity index (χ0n) is 13.1. The molecule has 3 aromatic rings. The van der Waals surface area contributed by atoms with Gasteiger partial charge in [-0.15, -0.1) is 12.4 Å². The molecule has 6 heteroatoms. The van der Waals surface area contributed by atoms with Crippen LogP contribution in [0.3, 0.4) is 0 Å². The van der Waals surface area contributed by atoms with Crippen LogP contribution in [0.25, 0.3) is 11.3 Å². The zero-order chi connectivity index (χ0) is 15.5. The second kappa shape index (κ2) is 7.36. The fourth-order valence-corrected chi connectivity index (χ4v) is 2.89. The summed E-state index contributed by atoms with van der Waals surface area (Å²) in [6, 6.07) is 7.75. The summed E-state index contributed by atoms with van der Waals surface area (Å²) < 4.78 is 5.86. The van der Waals surface area contributed by atoms with E-state index < -0.39 is 0 Å². The van der Waals surface area contributed by atoms with E-state index in [0.29, 0.717) is 12.5 Å². The monoisotopic (exact) mass is 340 g/mol. The molecule has 0 aromatic carbocycles. The van der Waals surface area contributed by atoms with Gasteiger partial charge in [0.15, 0.2) is 0 Å². The first-order chi connectivity index (χ1) is 11.4. The van der Waals surface area contributed by atoms with Gasteiger partial charge in [0.25, 0.3) is 0 Å². The number of ether oxygens (including phenoxy) is 1.